The molecule has 0 aliphatic carbocycles. The van der Waals surface area contributed by atoms with Gasteiger partial charge in [0.15, 0.2) is 5.69 Å². The number of nitrogens with zero attached hydrogens (tertiary/aromatic N) is 4. The van der Waals surface area contributed by atoms with Gasteiger partial charge in [0.05, 0.1) is 13.2 Å². The Labute approximate surface area is 129 Å². The average Bonchev–Trinajstić information content (AvgIpc) is 2.97. The van der Waals surface area contributed by atoms with E-state index in [-0.39, 0.29) is 11.9 Å². The highest BCUT2D eigenvalue weighted by atomic mass is 16.5. The third kappa shape index (κ3) is 3.60. The average molecular weight is 303 g/mol. The molecule has 0 unspecified atom stereocenters. The van der Waals surface area contributed by atoms with E-state index in [0.29, 0.717) is 23.3 Å². The lowest BCUT2D eigenvalue weighted by atomic mass is 10.2. The maximum atomic E-state index is 12.2. The van der Waals surface area contributed by atoms with Crippen molar-refractivity contribution < 1.29 is 9.53 Å². The molecule has 0 aromatic carbocycles. The van der Waals surface area contributed by atoms with Crippen LogP contribution >= 0.6 is 0 Å². The van der Waals surface area contributed by atoms with Crippen LogP contribution in [0.3, 0.4) is 0 Å². The lowest BCUT2D eigenvalue weighted by Gasteiger charge is -2.12. The summed E-state index contributed by atoms with van der Waals surface area (Å²) in [6.07, 6.45) is 3.76. The lowest BCUT2D eigenvalue weighted by molar-refractivity contribution is 0.102. The number of ether oxygens (including phenoxy) is 1. The van der Waals surface area contributed by atoms with Crippen LogP contribution in [0.5, 0.6) is 5.88 Å². The Hall–Kier alpha value is -2.44. The first-order chi connectivity index (χ1) is 10.6. The molecule has 2 rings (SSSR count). The van der Waals surface area contributed by atoms with Gasteiger partial charge in [0.2, 0.25) is 11.8 Å². The van der Waals surface area contributed by atoms with Crippen LogP contribution in [-0.2, 0) is 0 Å². The second kappa shape index (κ2) is 7.02. The number of carbonyl (C=O) groups excluding carboxylic acids is 1. The number of carbonyl (C=O) groups is 1. The van der Waals surface area contributed by atoms with Crippen molar-refractivity contribution in [2.75, 3.05) is 12.4 Å². The number of aryl methyl sites for hydroxylation is 1. The Kier molecular flexibility index (Phi) is 5.08. The molecular weight excluding hydrogens is 282 g/mol. The van der Waals surface area contributed by atoms with Gasteiger partial charge in [-0.1, -0.05) is 13.8 Å². The quantitative estimate of drug-likeness (QED) is 0.887. The zero-order valence-electron chi connectivity index (χ0n) is 13.3. The second-order valence-electron chi connectivity index (χ2n) is 4.98. The van der Waals surface area contributed by atoms with Crippen molar-refractivity contribution in [3.8, 4) is 5.88 Å². The summed E-state index contributed by atoms with van der Waals surface area (Å²) < 4.78 is 6.89. The van der Waals surface area contributed by atoms with Gasteiger partial charge in [-0.2, -0.15) is 10.1 Å². The lowest BCUT2D eigenvalue weighted by Crippen LogP contribution is -2.16. The summed E-state index contributed by atoms with van der Waals surface area (Å²) in [7, 11) is 1.52. The summed E-state index contributed by atoms with van der Waals surface area (Å²) in [5.74, 6) is 0.279. The van der Waals surface area contributed by atoms with Crippen molar-refractivity contribution in [1.82, 2.24) is 19.7 Å². The van der Waals surface area contributed by atoms with Crippen LogP contribution < -0.4 is 10.1 Å². The third-order valence-corrected chi connectivity index (χ3v) is 3.42. The predicted molar refractivity (Wildman–Crippen MR) is 83.1 cm³/mol. The molecule has 2 heterocycles. The summed E-state index contributed by atoms with van der Waals surface area (Å²) in [6.45, 7) is 6.01. The van der Waals surface area contributed by atoms with Gasteiger partial charge in [0, 0.05) is 18.0 Å². The normalized spacial score (nSPS) is 10.8. The van der Waals surface area contributed by atoms with Gasteiger partial charge in [-0.25, -0.2) is 4.98 Å². The van der Waals surface area contributed by atoms with Crippen LogP contribution in [0.2, 0.25) is 0 Å². The summed E-state index contributed by atoms with van der Waals surface area (Å²) >= 11 is 0. The first kappa shape index (κ1) is 15.9. The maximum Gasteiger partial charge on any atom is 0.278 e. The Morgan fingerprint density at radius 3 is 2.73 bits per heavy atom. The summed E-state index contributed by atoms with van der Waals surface area (Å²) in [5.41, 5.74) is 1.06. The number of rotatable bonds is 6. The van der Waals surface area contributed by atoms with Crippen LogP contribution in [0, 0.1) is 6.92 Å². The molecule has 2 aromatic heterocycles. The molecule has 0 spiro atoms. The summed E-state index contributed by atoms with van der Waals surface area (Å²) in [6, 6.07) is 3.69. The van der Waals surface area contributed by atoms with E-state index in [2.05, 4.69) is 34.2 Å². The molecule has 0 fully saturated rings. The Morgan fingerprint density at radius 2 is 2.09 bits per heavy atom. The number of hydrogen-bond donors (Lipinski definition) is 1. The number of aromatic nitrogens is 4. The van der Waals surface area contributed by atoms with Crippen molar-refractivity contribution in [3.05, 3.63) is 29.7 Å². The van der Waals surface area contributed by atoms with Gasteiger partial charge in [-0.3, -0.25) is 14.8 Å². The highest BCUT2D eigenvalue weighted by Gasteiger charge is 2.14. The van der Waals surface area contributed by atoms with Crippen LogP contribution in [0.4, 0.5) is 5.95 Å². The van der Waals surface area contributed by atoms with Crippen molar-refractivity contribution in [3.63, 3.8) is 0 Å². The topological polar surface area (TPSA) is 81.9 Å². The van der Waals surface area contributed by atoms with Crippen LogP contribution in [0.25, 0.3) is 0 Å². The minimum Gasteiger partial charge on any atom is -0.481 e. The minimum atomic E-state index is -0.336. The van der Waals surface area contributed by atoms with Crippen LogP contribution in [-0.4, -0.2) is 32.8 Å². The molecule has 0 aliphatic heterocycles. The fraction of sp³-hybridized carbons (Fsp3) is 0.467. The Morgan fingerprint density at radius 1 is 1.36 bits per heavy atom. The number of hydrogen-bond acceptors (Lipinski definition) is 5. The fourth-order valence-corrected chi connectivity index (χ4v) is 2.19. The molecule has 0 bridgehead atoms. The van der Waals surface area contributed by atoms with Gasteiger partial charge in [0.25, 0.3) is 5.91 Å². The van der Waals surface area contributed by atoms with E-state index in [4.69, 9.17) is 4.74 Å². The molecule has 0 saturated carbocycles. The van der Waals surface area contributed by atoms with Crippen molar-refractivity contribution in [1.29, 1.82) is 0 Å². The van der Waals surface area contributed by atoms with Crippen molar-refractivity contribution in [2.45, 2.75) is 39.7 Å². The van der Waals surface area contributed by atoms with Gasteiger partial charge in [-0.05, 0) is 25.8 Å². The fourth-order valence-electron chi connectivity index (χ4n) is 2.19. The Balaban J connectivity index is 2.14. The summed E-state index contributed by atoms with van der Waals surface area (Å²) in [5, 5.41) is 6.98. The molecule has 0 atom stereocenters. The molecule has 22 heavy (non-hydrogen) atoms. The number of amides is 1. The zero-order valence-corrected chi connectivity index (χ0v) is 13.3. The molecule has 7 nitrogen and oxygen atoms in total. The van der Waals surface area contributed by atoms with E-state index < -0.39 is 0 Å². The molecule has 2 aromatic rings. The van der Waals surface area contributed by atoms with Crippen LogP contribution in [0.15, 0.2) is 18.3 Å². The first-order valence-electron chi connectivity index (χ1n) is 7.33. The highest BCUT2D eigenvalue weighted by molar-refractivity contribution is 6.01. The van der Waals surface area contributed by atoms with E-state index in [1.54, 1.807) is 12.1 Å². The molecule has 1 N–H and O–H groups in total. The van der Waals surface area contributed by atoms with Crippen molar-refractivity contribution in [2.24, 2.45) is 0 Å². The predicted octanol–water partition coefficient (Wildman–Crippen LogP) is 2.60. The van der Waals surface area contributed by atoms with Crippen molar-refractivity contribution >= 4 is 11.9 Å². The van der Waals surface area contributed by atoms with E-state index in [9.17, 15) is 4.79 Å². The molecule has 0 aliphatic rings. The standard InChI is InChI=1S/C15H21N5O2/c1-5-11(6-2)20-8-7-12(19-20)14(21)18-15-16-10(3)9-13(17-15)22-4/h7-9,11H,5-6H2,1-4H3,(H,16,17,18,21). The molecule has 0 saturated heterocycles. The minimum absolute atomic E-state index is 0.207. The smallest absolute Gasteiger partial charge is 0.278 e. The zero-order chi connectivity index (χ0) is 16.1. The molecule has 1 amide bonds. The van der Waals surface area contributed by atoms with Gasteiger partial charge in [0.1, 0.15) is 0 Å². The van der Waals surface area contributed by atoms with E-state index in [1.807, 2.05) is 17.8 Å². The molecular formula is C15H21N5O2. The molecule has 0 radical (unpaired) electrons. The van der Waals surface area contributed by atoms with Crippen LogP contribution in [0.1, 0.15) is 48.9 Å². The SMILES string of the molecule is CCC(CC)n1ccc(C(=O)Nc2nc(C)cc(OC)n2)n1. The van der Waals surface area contributed by atoms with Gasteiger partial charge < -0.3 is 4.74 Å². The molecule has 118 valence electrons. The number of nitrogens with one attached hydrogen (secondary N) is 1. The Bertz CT molecular complexity index is 649. The van der Waals surface area contributed by atoms with Gasteiger partial charge >= 0.3 is 0 Å². The first-order valence-corrected chi connectivity index (χ1v) is 7.33. The maximum absolute atomic E-state index is 12.2. The largest absolute Gasteiger partial charge is 0.481 e. The van der Waals surface area contributed by atoms with Gasteiger partial charge in [-0.15, -0.1) is 0 Å². The summed E-state index contributed by atoms with van der Waals surface area (Å²) in [4.78, 5) is 20.5. The monoisotopic (exact) mass is 303 g/mol. The van der Waals surface area contributed by atoms with E-state index >= 15 is 0 Å². The third-order valence-electron chi connectivity index (χ3n) is 3.42. The highest BCUT2D eigenvalue weighted by Crippen LogP contribution is 2.15. The molecule has 7 heteroatoms. The number of methoxy groups -OCH3 is 1. The van der Waals surface area contributed by atoms with E-state index in [0.717, 1.165) is 12.8 Å². The number of anilines is 1. The van der Waals surface area contributed by atoms with E-state index in [1.165, 1.54) is 7.11 Å². The second-order valence-corrected chi connectivity index (χ2v) is 4.98.